The lowest BCUT2D eigenvalue weighted by Gasteiger charge is -2.31. The molecule has 21 heavy (non-hydrogen) atoms. The highest BCUT2D eigenvalue weighted by Gasteiger charge is 2.33. The van der Waals surface area contributed by atoms with E-state index in [1.54, 1.807) is 0 Å². The summed E-state index contributed by atoms with van der Waals surface area (Å²) < 4.78 is 0. The molecule has 0 heterocycles. The Kier molecular flexibility index (Phi) is 8.26. The van der Waals surface area contributed by atoms with Crippen LogP contribution in [0.4, 0.5) is 0 Å². The zero-order valence-electron chi connectivity index (χ0n) is 15.4. The molecule has 0 aromatic carbocycles. The first-order valence-electron chi connectivity index (χ1n) is 9.46. The van der Waals surface area contributed by atoms with Crippen LogP contribution in [0.15, 0.2) is 0 Å². The lowest BCUT2D eigenvalue weighted by molar-refractivity contribution is 0.214. The SMILES string of the molecule is CCC(CC)NC1CCC(C(C)C(C)CC)CC(C)C1N. The van der Waals surface area contributed by atoms with Crippen LogP contribution in [0.5, 0.6) is 0 Å². The molecular formula is C19H40N2. The monoisotopic (exact) mass is 296 g/mol. The van der Waals surface area contributed by atoms with Gasteiger partial charge < -0.3 is 11.1 Å². The van der Waals surface area contributed by atoms with Gasteiger partial charge in [-0.3, -0.25) is 0 Å². The van der Waals surface area contributed by atoms with Gasteiger partial charge in [0.1, 0.15) is 0 Å². The predicted molar refractivity (Wildman–Crippen MR) is 94.4 cm³/mol. The highest BCUT2D eigenvalue weighted by molar-refractivity contribution is 4.91. The molecule has 6 unspecified atom stereocenters. The van der Waals surface area contributed by atoms with E-state index < -0.39 is 0 Å². The largest absolute Gasteiger partial charge is 0.326 e. The van der Waals surface area contributed by atoms with Crippen LogP contribution in [0, 0.1) is 23.7 Å². The van der Waals surface area contributed by atoms with Gasteiger partial charge in [0, 0.05) is 18.1 Å². The van der Waals surface area contributed by atoms with Gasteiger partial charge >= 0.3 is 0 Å². The minimum Gasteiger partial charge on any atom is -0.326 e. The van der Waals surface area contributed by atoms with Crippen LogP contribution in [0.2, 0.25) is 0 Å². The molecule has 0 spiro atoms. The highest BCUT2D eigenvalue weighted by Crippen LogP contribution is 2.36. The predicted octanol–water partition coefficient (Wildman–Crippen LogP) is 4.58. The van der Waals surface area contributed by atoms with Crippen LogP contribution < -0.4 is 11.1 Å². The van der Waals surface area contributed by atoms with Gasteiger partial charge in [-0.15, -0.1) is 0 Å². The van der Waals surface area contributed by atoms with E-state index in [2.05, 4.69) is 46.9 Å². The third-order valence-corrected chi connectivity index (χ3v) is 6.37. The van der Waals surface area contributed by atoms with Gasteiger partial charge in [-0.2, -0.15) is 0 Å². The molecule has 1 saturated carbocycles. The summed E-state index contributed by atoms with van der Waals surface area (Å²) in [6.45, 7) is 14.1. The number of hydrogen-bond acceptors (Lipinski definition) is 2. The fraction of sp³-hybridized carbons (Fsp3) is 1.00. The number of hydrogen-bond donors (Lipinski definition) is 2. The average Bonchev–Trinajstić information content (AvgIpc) is 2.64. The molecule has 0 saturated heterocycles. The molecule has 126 valence electrons. The molecule has 1 aliphatic rings. The molecule has 0 aromatic heterocycles. The van der Waals surface area contributed by atoms with Gasteiger partial charge in [-0.1, -0.05) is 48.0 Å². The Labute approximate surface area is 133 Å². The minimum atomic E-state index is 0.319. The Morgan fingerprint density at radius 3 is 2.19 bits per heavy atom. The molecule has 0 aliphatic heterocycles. The lowest BCUT2D eigenvalue weighted by Crippen LogP contribution is -2.51. The second-order valence-corrected chi connectivity index (χ2v) is 7.66. The third-order valence-electron chi connectivity index (χ3n) is 6.37. The molecule has 0 amide bonds. The van der Waals surface area contributed by atoms with Crippen molar-refractivity contribution in [2.24, 2.45) is 29.4 Å². The topological polar surface area (TPSA) is 38.0 Å². The second kappa shape index (κ2) is 9.15. The Bertz CT molecular complexity index is 275. The molecule has 2 nitrogen and oxygen atoms in total. The van der Waals surface area contributed by atoms with Crippen molar-refractivity contribution in [3.05, 3.63) is 0 Å². The Morgan fingerprint density at radius 1 is 1.05 bits per heavy atom. The standard InChI is InChI=1S/C19H40N2/c1-7-13(4)15(6)16-10-11-18(19(20)14(5)12-16)21-17(8-2)9-3/h13-19,21H,7-12,20H2,1-6H3. The van der Waals surface area contributed by atoms with E-state index >= 15 is 0 Å². The molecule has 0 aromatic rings. The van der Waals surface area contributed by atoms with E-state index in [9.17, 15) is 0 Å². The summed E-state index contributed by atoms with van der Waals surface area (Å²) in [7, 11) is 0. The molecule has 1 rings (SSSR count). The maximum absolute atomic E-state index is 6.59. The first kappa shape index (κ1) is 19.0. The van der Waals surface area contributed by atoms with Gasteiger partial charge in [0.2, 0.25) is 0 Å². The van der Waals surface area contributed by atoms with Crippen molar-refractivity contribution in [1.29, 1.82) is 0 Å². The van der Waals surface area contributed by atoms with E-state index in [0.29, 0.717) is 24.0 Å². The zero-order valence-corrected chi connectivity index (χ0v) is 15.4. The van der Waals surface area contributed by atoms with Gasteiger partial charge in [0.15, 0.2) is 0 Å². The highest BCUT2D eigenvalue weighted by atomic mass is 15.0. The van der Waals surface area contributed by atoms with Crippen molar-refractivity contribution in [3.8, 4) is 0 Å². The van der Waals surface area contributed by atoms with Crippen molar-refractivity contribution in [3.63, 3.8) is 0 Å². The van der Waals surface area contributed by atoms with E-state index in [1.807, 2.05) is 0 Å². The van der Waals surface area contributed by atoms with E-state index in [4.69, 9.17) is 5.73 Å². The molecular weight excluding hydrogens is 256 g/mol. The third kappa shape index (κ3) is 5.25. The molecule has 0 radical (unpaired) electrons. The quantitative estimate of drug-likeness (QED) is 0.675. The van der Waals surface area contributed by atoms with Crippen LogP contribution in [-0.2, 0) is 0 Å². The summed E-state index contributed by atoms with van der Waals surface area (Å²) in [6, 6.07) is 1.47. The molecule has 3 N–H and O–H groups in total. The number of nitrogens with two attached hydrogens (primary N) is 1. The smallest absolute Gasteiger partial charge is 0.0224 e. The first-order chi connectivity index (χ1) is 9.94. The number of rotatable bonds is 7. The van der Waals surface area contributed by atoms with Crippen molar-refractivity contribution >= 4 is 0 Å². The Hall–Kier alpha value is -0.0800. The summed E-state index contributed by atoms with van der Waals surface area (Å²) in [5.74, 6) is 3.16. The minimum absolute atomic E-state index is 0.319. The first-order valence-corrected chi connectivity index (χ1v) is 9.46. The van der Waals surface area contributed by atoms with Gasteiger partial charge in [-0.25, -0.2) is 0 Å². The summed E-state index contributed by atoms with van der Waals surface area (Å²) in [5, 5.41) is 3.85. The molecule has 6 atom stereocenters. The van der Waals surface area contributed by atoms with E-state index in [-0.39, 0.29) is 0 Å². The van der Waals surface area contributed by atoms with Gasteiger partial charge in [-0.05, 0) is 55.8 Å². The lowest BCUT2D eigenvalue weighted by atomic mass is 9.77. The maximum atomic E-state index is 6.59. The number of nitrogens with one attached hydrogen (secondary N) is 1. The molecule has 1 fully saturated rings. The normalized spacial score (nSPS) is 33.7. The summed E-state index contributed by atoms with van der Waals surface area (Å²) in [5.41, 5.74) is 6.59. The van der Waals surface area contributed by atoms with Gasteiger partial charge in [0.25, 0.3) is 0 Å². The molecule has 1 aliphatic carbocycles. The molecule has 0 bridgehead atoms. The van der Waals surface area contributed by atoms with Crippen molar-refractivity contribution in [2.45, 2.75) is 98.2 Å². The second-order valence-electron chi connectivity index (χ2n) is 7.66. The van der Waals surface area contributed by atoms with Crippen LogP contribution in [-0.4, -0.2) is 18.1 Å². The van der Waals surface area contributed by atoms with Crippen molar-refractivity contribution in [1.82, 2.24) is 5.32 Å². The van der Waals surface area contributed by atoms with E-state index in [1.165, 1.54) is 38.5 Å². The van der Waals surface area contributed by atoms with Gasteiger partial charge in [0.05, 0.1) is 0 Å². The fourth-order valence-corrected chi connectivity index (χ4v) is 4.07. The van der Waals surface area contributed by atoms with Crippen LogP contribution in [0.3, 0.4) is 0 Å². The Balaban J connectivity index is 2.68. The van der Waals surface area contributed by atoms with Crippen LogP contribution in [0.1, 0.15) is 80.1 Å². The Morgan fingerprint density at radius 2 is 1.67 bits per heavy atom. The van der Waals surface area contributed by atoms with Crippen LogP contribution in [0.25, 0.3) is 0 Å². The molecule has 2 heteroatoms. The van der Waals surface area contributed by atoms with Crippen LogP contribution >= 0.6 is 0 Å². The summed E-state index contributed by atoms with van der Waals surface area (Å²) in [6.07, 6.45) is 7.64. The average molecular weight is 297 g/mol. The summed E-state index contributed by atoms with van der Waals surface area (Å²) in [4.78, 5) is 0. The van der Waals surface area contributed by atoms with Crippen molar-refractivity contribution in [2.75, 3.05) is 0 Å². The summed E-state index contributed by atoms with van der Waals surface area (Å²) >= 11 is 0. The van der Waals surface area contributed by atoms with E-state index in [0.717, 1.165) is 17.8 Å². The maximum Gasteiger partial charge on any atom is 0.0224 e. The fourth-order valence-electron chi connectivity index (χ4n) is 4.07. The zero-order chi connectivity index (χ0) is 16.0. The van der Waals surface area contributed by atoms with Crippen molar-refractivity contribution < 1.29 is 0 Å².